The SMILES string of the molecule is CC(C)(N)CCc1nc(C23CC4CC(CC(C4)C2)C3)no1. The topological polar surface area (TPSA) is 64.9 Å². The van der Waals surface area contributed by atoms with Crippen molar-refractivity contribution in [2.45, 2.75) is 76.2 Å². The molecule has 4 nitrogen and oxygen atoms in total. The van der Waals surface area contributed by atoms with Crippen LogP contribution in [0.1, 0.15) is 70.5 Å². The summed E-state index contributed by atoms with van der Waals surface area (Å²) < 4.78 is 5.53. The largest absolute Gasteiger partial charge is 0.339 e. The lowest BCUT2D eigenvalue weighted by Gasteiger charge is -2.55. The molecule has 2 N–H and O–H groups in total. The van der Waals surface area contributed by atoms with Crippen molar-refractivity contribution in [3.05, 3.63) is 11.7 Å². The number of hydrogen-bond donors (Lipinski definition) is 1. The predicted octanol–water partition coefficient (Wildman–Crippen LogP) is 3.21. The highest BCUT2D eigenvalue weighted by atomic mass is 16.5. The number of aryl methyl sites for hydroxylation is 1. The summed E-state index contributed by atoms with van der Waals surface area (Å²) in [4.78, 5) is 4.77. The number of nitrogens with zero attached hydrogens (tertiary/aromatic N) is 2. The molecule has 4 fully saturated rings. The average molecular weight is 289 g/mol. The first kappa shape index (κ1) is 13.7. The summed E-state index contributed by atoms with van der Waals surface area (Å²) in [5.74, 6) is 4.54. The summed E-state index contributed by atoms with van der Waals surface area (Å²) >= 11 is 0. The quantitative estimate of drug-likeness (QED) is 0.924. The standard InChI is InChI=1S/C17H27N3O/c1-16(2,18)4-3-14-19-15(20-21-14)17-8-11-5-12(9-17)7-13(6-11)10-17/h11-13H,3-10,18H2,1-2H3. The zero-order chi connectivity index (χ0) is 14.7. The highest BCUT2D eigenvalue weighted by Gasteiger charge is 2.53. The Morgan fingerprint density at radius 1 is 1.14 bits per heavy atom. The van der Waals surface area contributed by atoms with E-state index >= 15 is 0 Å². The third kappa shape index (κ3) is 2.52. The molecule has 0 atom stereocenters. The Bertz CT molecular complexity index is 493. The molecule has 116 valence electrons. The number of aromatic nitrogens is 2. The molecule has 0 unspecified atom stereocenters. The van der Waals surface area contributed by atoms with E-state index in [0.717, 1.165) is 42.3 Å². The Hall–Kier alpha value is -0.900. The molecule has 1 aromatic rings. The van der Waals surface area contributed by atoms with E-state index in [-0.39, 0.29) is 11.0 Å². The van der Waals surface area contributed by atoms with Gasteiger partial charge in [-0.05, 0) is 76.5 Å². The molecule has 21 heavy (non-hydrogen) atoms. The normalized spacial score (nSPS) is 38.1. The van der Waals surface area contributed by atoms with Gasteiger partial charge in [0, 0.05) is 17.4 Å². The molecular weight excluding hydrogens is 262 g/mol. The van der Waals surface area contributed by atoms with Gasteiger partial charge in [-0.3, -0.25) is 0 Å². The second kappa shape index (κ2) is 4.55. The van der Waals surface area contributed by atoms with Crippen molar-refractivity contribution < 1.29 is 4.52 Å². The zero-order valence-electron chi connectivity index (χ0n) is 13.3. The van der Waals surface area contributed by atoms with Crippen LogP contribution >= 0.6 is 0 Å². The van der Waals surface area contributed by atoms with Gasteiger partial charge >= 0.3 is 0 Å². The van der Waals surface area contributed by atoms with Gasteiger partial charge in [0.15, 0.2) is 5.82 Å². The second-order valence-corrected chi connectivity index (χ2v) is 8.70. The van der Waals surface area contributed by atoms with Crippen molar-refractivity contribution >= 4 is 0 Å². The van der Waals surface area contributed by atoms with Crippen molar-refractivity contribution in [3.8, 4) is 0 Å². The molecule has 0 spiro atoms. The maximum atomic E-state index is 6.05. The molecule has 5 rings (SSSR count). The average Bonchev–Trinajstić information content (AvgIpc) is 2.83. The van der Waals surface area contributed by atoms with Crippen molar-refractivity contribution in [1.29, 1.82) is 0 Å². The monoisotopic (exact) mass is 289 g/mol. The molecule has 0 amide bonds. The van der Waals surface area contributed by atoms with E-state index in [4.69, 9.17) is 15.2 Å². The summed E-state index contributed by atoms with van der Waals surface area (Å²) in [5, 5.41) is 4.38. The third-order valence-corrected chi connectivity index (χ3v) is 5.96. The van der Waals surface area contributed by atoms with Gasteiger partial charge in [-0.1, -0.05) is 5.16 Å². The van der Waals surface area contributed by atoms with Crippen molar-refractivity contribution in [1.82, 2.24) is 10.1 Å². The van der Waals surface area contributed by atoms with Crippen LogP contribution in [0.25, 0.3) is 0 Å². The van der Waals surface area contributed by atoms with Crippen LogP contribution in [0.4, 0.5) is 0 Å². The first-order valence-electron chi connectivity index (χ1n) is 8.54. The van der Waals surface area contributed by atoms with Gasteiger partial charge in [0.1, 0.15) is 0 Å². The van der Waals surface area contributed by atoms with E-state index in [0.29, 0.717) is 0 Å². The van der Waals surface area contributed by atoms with E-state index in [1.54, 1.807) is 0 Å². The molecule has 0 saturated heterocycles. The predicted molar refractivity (Wildman–Crippen MR) is 80.7 cm³/mol. The lowest BCUT2D eigenvalue weighted by Crippen LogP contribution is -2.49. The molecule has 1 aromatic heterocycles. The molecule has 0 radical (unpaired) electrons. The lowest BCUT2D eigenvalue weighted by molar-refractivity contribution is -0.0103. The summed E-state index contributed by atoms with van der Waals surface area (Å²) in [7, 11) is 0. The molecule has 4 saturated carbocycles. The van der Waals surface area contributed by atoms with Crippen LogP contribution < -0.4 is 5.73 Å². The molecular formula is C17H27N3O. The third-order valence-electron chi connectivity index (χ3n) is 5.96. The van der Waals surface area contributed by atoms with E-state index < -0.39 is 0 Å². The zero-order valence-corrected chi connectivity index (χ0v) is 13.3. The molecule has 4 aliphatic carbocycles. The van der Waals surface area contributed by atoms with Crippen LogP contribution in [-0.2, 0) is 11.8 Å². The first-order valence-corrected chi connectivity index (χ1v) is 8.54. The number of nitrogens with two attached hydrogens (primary N) is 1. The Morgan fingerprint density at radius 3 is 2.24 bits per heavy atom. The van der Waals surface area contributed by atoms with Crippen LogP contribution in [0.3, 0.4) is 0 Å². The van der Waals surface area contributed by atoms with Gasteiger partial charge < -0.3 is 10.3 Å². The Balaban J connectivity index is 1.53. The first-order chi connectivity index (χ1) is 9.92. The van der Waals surface area contributed by atoms with Crippen LogP contribution in [0.5, 0.6) is 0 Å². The minimum atomic E-state index is -0.171. The summed E-state index contributed by atoms with van der Waals surface area (Å²) in [6, 6.07) is 0. The fourth-order valence-electron chi connectivity index (χ4n) is 5.39. The number of hydrogen-bond acceptors (Lipinski definition) is 4. The maximum Gasteiger partial charge on any atom is 0.226 e. The summed E-state index contributed by atoms with van der Waals surface area (Å²) in [6.07, 6.45) is 9.90. The Labute approximate surface area is 126 Å². The molecule has 1 heterocycles. The van der Waals surface area contributed by atoms with Crippen molar-refractivity contribution in [2.75, 3.05) is 0 Å². The van der Waals surface area contributed by atoms with Crippen LogP contribution in [0, 0.1) is 17.8 Å². The summed E-state index contributed by atoms with van der Waals surface area (Å²) in [5.41, 5.74) is 6.12. The highest BCUT2D eigenvalue weighted by molar-refractivity contribution is 5.16. The summed E-state index contributed by atoms with van der Waals surface area (Å²) in [6.45, 7) is 4.09. The van der Waals surface area contributed by atoms with Gasteiger partial charge in [0.25, 0.3) is 0 Å². The smallest absolute Gasteiger partial charge is 0.226 e. The number of rotatable bonds is 4. The fraction of sp³-hybridized carbons (Fsp3) is 0.882. The lowest BCUT2D eigenvalue weighted by atomic mass is 9.49. The van der Waals surface area contributed by atoms with E-state index in [2.05, 4.69) is 5.16 Å². The van der Waals surface area contributed by atoms with Crippen molar-refractivity contribution in [3.63, 3.8) is 0 Å². The van der Waals surface area contributed by atoms with E-state index in [1.807, 2.05) is 13.8 Å². The van der Waals surface area contributed by atoms with Gasteiger partial charge in [-0.2, -0.15) is 4.98 Å². The molecule has 0 aromatic carbocycles. The molecule has 4 heteroatoms. The van der Waals surface area contributed by atoms with Crippen LogP contribution in [0.2, 0.25) is 0 Å². The van der Waals surface area contributed by atoms with Gasteiger partial charge in [0.2, 0.25) is 5.89 Å². The van der Waals surface area contributed by atoms with Gasteiger partial charge in [0.05, 0.1) is 0 Å². The minimum Gasteiger partial charge on any atom is -0.339 e. The van der Waals surface area contributed by atoms with Gasteiger partial charge in [-0.15, -0.1) is 0 Å². The maximum absolute atomic E-state index is 6.05. The molecule has 0 aliphatic heterocycles. The van der Waals surface area contributed by atoms with Crippen LogP contribution in [-0.4, -0.2) is 15.7 Å². The van der Waals surface area contributed by atoms with Crippen LogP contribution in [0.15, 0.2) is 4.52 Å². The van der Waals surface area contributed by atoms with E-state index in [1.165, 1.54) is 38.5 Å². The molecule has 4 aliphatic rings. The second-order valence-electron chi connectivity index (χ2n) is 8.70. The van der Waals surface area contributed by atoms with Crippen molar-refractivity contribution in [2.24, 2.45) is 23.5 Å². The fourth-order valence-corrected chi connectivity index (χ4v) is 5.39. The highest BCUT2D eigenvalue weighted by Crippen LogP contribution is 2.60. The Kier molecular flexibility index (Phi) is 2.97. The van der Waals surface area contributed by atoms with Gasteiger partial charge in [-0.25, -0.2) is 0 Å². The van der Waals surface area contributed by atoms with E-state index in [9.17, 15) is 0 Å². The molecule has 4 bridgehead atoms. The minimum absolute atomic E-state index is 0.171. The Morgan fingerprint density at radius 2 is 1.71 bits per heavy atom.